The fourth-order valence-electron chi connectivity index (χ4n) is 2.88. The summed E-state index contributed by atoms with van der Waals surface area (Å²) in [5.41, 5.74) is 2.05. The van der Waals surface area contributed by atoms with Crippen LogP contribution in [-0.4, -0.2) is 29.3 Å². The minimum Gasteiger partial charge on any atom is -0.493 e. The Bertz CT molecular complexity index is 980. The fourth-order valence-corrected chi connectivity index (χ4v) is 3.16. The van der Waals surface area contributed by atoms with Gasteiger partial charge in [-0.3, -0.25) is 9.48 Å². The molecule has 0 unspecified atom stereocenters. The number of nitrogens with one attached hydrogen (secondary N) is 1. The second kappa shape index (κ2) is 9.65. The molecule has 0 aliphatic carbocycles. The van der Waals surface area contributed by atoms with Crippen LogP contribution in [0.15, 0.2) is 45.3 Å². The van der Waals surface area contributed by atoms with E-state index < -0.39 is 0 Å². The number of hydrogen-bond acceptors (Lipinski definition) is 5. The van der Waals surface area contributed by atoms with Gasteiger partial charge in [0.25, 0.3) is 5.91 Å². The average Bonchev–Trinajstić information content (AvgIpc) is 3.30. The predicted molar refractivity (Wildman–Crippen MR) is 112 cm³/mol. The molecule has 0 radical (unpaired) electrons. The Morgan fingerprint density at radius 1 is 1.21 bits per heavy atom. The van der Waals surface area contributed by atoms with Gasteiger partial charge in [0.05, 0.1) is 17.3 Å². The Morgan fingerprint density at radius 2 is 1.97 bits per heavy atom. The lowest BCUT2D eigenvalue weighted by atomic mass is 10.3. The first-order chi connectivity index (χ1) is 14.0. The number of furan rings is 1. The van der Waals surface area contributed by atoms with Crippen LogP contribution in [0.4, 0.5) is 0 Å². The summed E-state index contributed by atoms with van der Waals surface area (Å²) in [6, 6.07) is 10.8. The molecule has 29 heavy (non-hydrogen) atoms. The van der Waals surface area contributed by atoms with Crippen molar-refractivity contribution in [2.75, 3.05) is 13.7 Å². The third-order valence-electron chi connectivity index (χ3n) is 4.45. The summed E-state index contributed by atoms with van der Waals surface area (Å²) in [5, 5.41) is 7.33. The van der Waals surface area contributed by atoms with E-state index in [0.717, 1.165) is 28.8 Å². The molecule has 8 heteroatoms. The summed E-state index contributed by atoms with van der Waals surface area (Å²) >= 11 is 3.52. The molecule has 2 heterocycles. The van der Waals surface area contributed by atoms with Gasteiger partial charge in [-0.2, -0.15) is 5.10 Å². The highest BCUT2D eigenvalue weighted by Crippen LogP contribution is 2.26. The lowest BCUT2D eigenvalue weighted by molar-refractivity contribution is 0.0920. The second-order valence-electron chi connectivity index (χ2n) is 6.52. The van der Waals surface area contributed by atoms with Crippen molar-refractivity contribution in [2.45, 2.75) is 33.4 Å². The Kier molecular flexibility index (Phi) is 6.98. The number of methoxy groups -OCH3 is 1. The third kappa shape index (κ3) is 5.20. The zero-order chi connectivity index (χ0) is 20.8. The summed E-state index contributed by atoms with van der Waals surface area (Å²) in [6.07, 6.45) is 0.768. The van der Waals surface area contributed by atoms with Crippen LogP contribution < -0.4 is 14.8 Å². The van der Waals surface area contributed by atoms with Crippen molar-refractivity contribution in [2.24, 2.45) is 0 Å². The van der Waals surface area contributed by atoms with Crippen LogP contribution in [0.2, 0.25) is 0 Å². The van der Waals surface area contributed by atoms with Gasteiger partial charge in [0.2, 0.25) is 0 Å². The number of para-hydroxylation sites is 2. The van der Waals surface area contributed by atoms with Crippen LogP contribution in [-0.2, 0) is 13.2 Å². The molecule has 2 aromatic heterocycles. The minimum atomic E-state index is -0.247. The highest BCUT2D eigenvalue weighted by molar-refractivity contribution is 9.10. The monoisotopic (exact) mass is 461 g/mol. The van der Waals surface area contributed by atoms with E-state index in [1.165, 1.54) is 0 Å². The molecule has 3 rings (SSSR count). The quantitative estimate of drug-likeness (QED) is 0.481. The van der Waals surface area contributed by atoms with Gasteiger partial charge in [0.15, 0.2) is 17.3 Å². The van der Waals surface area contributed by atoms with Crippen molar-refractivity contribution in [1.29, 1.82) is 0 Å². The predicted octanol–water partition coefficient (Wildman–Crippen LogP) is 4.26. The molecule has 0 aliphatic rings. The molecule has 1 aromatic carbocycles. The van der Waals surface area contributed by atoms with Crippen LogP contribution in [0.25, 0.3) is 0 Å². The Morgan fingerprint density at radius 3 is 2.66 bits per heavy atom. The number of aryl methyl sites for hydroxylation is 2. The van der Waals surface area contributed by atoms with E-state index in [9.17, 15) is 4.79 Å². The number of amides is 1. The first kappa shape index (κ1) is 21.0. The van der Waals surface area contributed by atoms with Gasteiger partial charge in [-0.25, -0.2) is 0 Å². The molecule has 0 fully saturated rings. The van der Waals surface area contributed by atoms with Gasteiger partial charge < -0.3 is 19.2 Å². The smallest absolute Gasteiger partial charge is 0.286 e. The summed E-state index contributed by atoms with van der Waals surface area (Å²) in [7, 11) is 1.59. The van der Waals surface area contributed by atoms with Gasteiger partial charge in [-0.05, 0) is 60.5 Å². The summed E-state index contributed by atoms with van der Waals surface area (Å²) in [6.45, 7) is 5.44. The molecule has 0 saturated heterocycles. The molecule has 3 aromatic rings. The molecular weight excluding hydrogens is 438 g/mol. The zero-order valence-electron chi connectivity index (χ0n) is 16.7. The van der Waals surface area contributed by atoms with E-state index in [-0.39, 0.29) is 18.3 Å². The van der Waals surface area contributed by atoms with Crippen LogP contribution in [0.1, 0.15) is 34.1 Å². The van der Waals surface area contributed by atoms with E-state index in [0.29, 0.717) is 23.8 Å². The Hall–Kier alpha value is -2.74. The van der Waals surface area contributed by atoms with E-state index >= 15 is 0 Å². The largest absolute Gasteiger partial charge is 0.493 e. The molecule has 1 amide bonds. The molecule has 0 saturated carbocycles. The maximum Gasteiger partial charge on any atom is 0.286 e. The molecule has 0 spiro atoms. The lowest BCUT2D eigenvalue weighted by Crippen LogP contribution is -2.25. The van der Waals surface area contributed by atoms with Crippen molar-refractivity contribution in [1.82, 2.24) is 15.1 Å². The van der Waals surface area contributed by atoms with Crippen LogP contribution >= 0.6 is 15.9 Å². The normalized spacial score (nSPS) is 10.8. The zero-order valence-corrected chi connectivity index (χ0v) is 18.3. The van der Waals surface area contributed by atoms with Crippen LogP contribution in [0, 0.1) is 13.8 Å². The number of carbonyl (C=O) groups is 1. The maximum absolute atomic E-state index is 12.3. The van der Waals surface area contributed by atoms with Crippen LogP contribution in [0.5, 0.6) is 11.5 Å². The Labute approximate surface area is 178 Å². The van der Waals surface area contributed by atoms with Gasteiger partial charge >= 0.3 is 0 Å². The number of rotatable bonds is 9. The minimum absolute atomic E-state index is 0.209. The van der Waals surface area contributed by atoms with Crippen molar-refractivity contribution >= 4 is 21.8 Å². The number of carbonyl (C=O) groups excluding carboxylic acids is 1. The van der Waals surface area contributed by atoms with Crippen molar-refractivity contribution in [3.8, 4) is 11.5 Å². The van der Waals surface area contributed by atoms with Crippen LogP contribution in [0.3, 0.4) is 0 Å². The average molecular weight is 462 g/mol. The van der Waals surface area contributed by atoms with Crippen molar-refractivity contribution < 1.29 is 18.7 Å². The van der Waals surface area contributed by atoms with E-state index in [1.807, 2.05) is 42.8 Å². The highest BCUT2D eigenvalue weighted by Gasteiger charge is 2.13. The maximum atomic E-state index is 12.3. The summed E-state index contributed by atoms with van der Waals surface area (Å²) in [4.78, 5) is 12.3. The number of nitrogens with zero attached hydrogens (tertiary/aromatic N) is 2. The molecule has 0 aliphatic heterocycles. The van der Waals surface area contributed by atoms with Crippen molar-refractivity contribution in [3.05, 3.63) is 63.8 Å². The first-order valence-electron chi connectivity index (χ1n) is 9.32. The summed E-state index contributed by atoms with van der Waals surface area (Å²) < 4.78 is 19.5. The van der Waals surface area contributed by atoms with E-state index in [2.05, 4.69) is 26.3 Å². The highest BCUT2D eigenvalue weighted by atomic mass is 79.9. The topological polar surface area (TPSA) is 78.5 Å². The first-order valence-corrected chi connectivity index (χ1v) is 10.1. The lowest BCUT2D eigenvalue weighted by Gasteiger charge is -2.08. The van der Waals surface area contributed by atoms with E-state index in [1.54, 1.807) is 19.2 Å². The fraction of sp³-hybridized carbons (Fsp3) is 0.333. The molecule has 1 N–H and O–H groups in total. The molecule has 0 bridgehead atoms. The number of hydrogen-bond donors (Lipinski definition) is 1. The molecule has 7 nitrogen and oxygen atoms in total. The molecule has 0 atom stereocenters. The molecule has 154 valence electrons. The molecular formula is C21H24BrN3O4. The van der Waals surface area contributed by atoms with Gasteiger partial charge in [0, 0.05) is 18.8 Å². The second-order valence-corrected chi connectivity index (χ2v) is 7.32. The van der Waals surface area contributed by atoms with Gasteiger partial charge in [-0.1, -0.05) is 12.1 Å². The van der Waals surface area contributed by atoms with Gasteiger partial charge in [0.1, 0.15) is 12.4 Å². The van der Waals surface area contributed by atoms with Gasteiger partial charge in [-0.15, -0.1) is 0 Å². The number of benzene rings is 1. The number of halogens is 1. The summed E-state index contributed by atoms with van der Waals surface area (Å²) in [5.74, 6) is 1.84. The number of aromatic nitrogens is 2. The Balaban J connectivity index is 1.46. The number of ether oxygens (including phenoxy) is 2. The van der Waals surface area contributed by atoms with Crippen molar-refractivity contribution in [3.63, 3.8) is 0 Å². The third-order valence-corrected chi connectivity index (χ3v) is 5.60. The van der Waals surface area contributed by atoms with E-state index in [4.69, 9.17) is 13.9 Å². The SMILES string of the molecule is COc1ccccc1OCc1ccc(C(=O)NCCCn2nc(C)c(Br)c2C)o1. The standard InChI is InChI=1S/C21H24BrN3O4/c1-14-20(22)15(2)25(24-14)12-6-11-23-21(26)19-10-9-16(29-19)13-28-18-8-5-4-7-17(18)27-3/h4-5,7-10H,6,11-13H2,1-3H3,(H,23,26).